The first-order valence-corrected chi connectivity index (χ1v) is 7.07. The summed E-state index contributed by atoms with van der Waals surface area (Å²) in [5.74, 6) is -0.106. The Labute approximate surface area is 119 Å². The van der Waals surface area contributed by atoms with Crippen molar-refractivity contribution in [3.63, 3.8) is 0 Å². The van der Waals surface area contributed by atoms with Crippen molar-refractivity contribution in [2.75, 3.05) is 6.54 Å². The molecule has 0 saturated heterocycles. The van der Waals surface area contributed by atoms with Crippen LogP contribution >= 0.6 is 0 Å². The van der Waals surface area contributed by atoms with Gasteiger partial charge in [-0.25, -0.2) is 4.39 Å². The van der Waals surface area contributed by atoms with Gasteiger partial charge in [-0.15, -0.1) is 0 Å². The van der Waals surface area contributed by atoms with Gasteiger partial charge >= 0.3 is 0 Å². The highest BCUT2D eigenvalue weighted by molar-refractivity contribution is 5.29. The molecule has 108 valence electrons. The van der Waals surface area contributed by atoms with Gasteiger partial charge < -0.3 is 5.32 Å². The van der Waals surface area contributed by atoms with E-state index in [2.05, 4.69) is 17.3 Å². The van der Waals surface area contributed by atoms with Gasteiger partial charge in [-0.2, -0.15) is 5.10 Å². The average molecular weight is 275 g/mol. The predicted molar refractivity (Wildman–Crippen MR) is 79.1 cm³/mol. The van der Waals surface area contributed by atoms with Gasteiger partial charge in [-0.05, 0) is 37.4 Å². The van der Waals surface area contributed by atoms with Gasteiger partial charge in [0, 0.05) is 24.8 Å². The van der Waals surface area contributed by atoms with E-state index in [0.29, 0.717) is 5.56 Å². The molecule has 1 aromatic heterocycles. The summed E-state index contributed by atoms with van der Waals surface area (Å²) in [6, 6.07) is 5.57. The number of halogens is 1. The molecule has 20 heavy (non-hydrogen) atoms. The van der Waals surface area contributed by atoms with Crippen LogP contribution in [0.5, 0.6) is 0 Å². The quantitative estimate of drug-likeness (QED) is 0.877. The highest BCUT2D eigenvalue weighted by Crippen LogP contribution is 2.23. The largest absolute Gasteiger partial charge is 0.310 e. The zero-order chi connectivity index (χ0) is 14.5. The molecule has 0 saturated carbocycles. The van der Waals surface area contributed by atoms with Crippen LogP contribution in [0.1, 0.15) is 36.1 Å². The monoisotopic (exact) mass is 275 g/mol. The molecule has 1 heterocycles. The lowest BCUT2D eigenvalue weighted by Crippen LogP contribution is -2.25. The number of rotatable bonds is 6. The Hall–Kier alpha value is -1.68. The van der Waals surface area contributed by atoms with E-state index < -0.39 is 0 Å². The second-order valence-electron chi connectivity index (χ2n) is 5.21. The standard InChI is InChI=1S/C16H22FN3/c1-4-8-18-15(9-13-10-19-20(3)11-13)14-7-5-6-12(2)16(14)17/h5-7,10-11,15,18H,4,8-9H2,1-3H3. The summed E-state index contributed by atoms with van der Waals surface area (Å²) in [5, 5.41) is 7.61. The molecule has 4 heteroatoms. The van der Waals surface area contributed by atoms with Crippen LogP contribution in [0.4, 0.5) is 4.39 Å². The lowest BCUT2D eigenvalue weighted by Gasteiger charge is -2.19. The van der Waals surface area contributed by atoms with Gasteiger partial charge in [0.05, 0.1) is 6.20 Å². The van der Waals surface area contributed by atoms with Crippen molar-refractivity contribution in [1.29, 1.82) is 0 Å². The summed E-state index contributed by atoms with van der Waals surface area (Å²) in [5.41, 5.74) is 2.54. The van der Waals surface area contributed by atoms with Crippen LogP contribution in [0.15, 0.2) is 30.6 Å². The Morgan fingerprint density at radius 3 is 2.85 bits per heavy atom. The second kappa shape index (κ2) is 6.66. The summed E-state index contributed by atoms with van der Waals surface area (Å²) >= 11 is 0. The molecule has 0 aliphatic heterocycles. The Morgan fingerprint density at radius 2 is 2.20 bits per heavy atom. The van der Waals surface area contributed by atoms with Crippen LogP contribution in [0.2, 0.25) is 0 Å². The maximum absolute atomic E-state index is 14.3. The Bertz CT molecular complexity index is 563. The fourth-order valence-electron chi connectivity index (χ4n) is 2.36. The molecule has 1 unspecified atom stereocenters. The predicted octanol–water partition coefficient (Wildman–Crippen LogP) is 3.15. The minimum Gasteiger partial charge on any atom is -0.310 e. The molecule has 0 bridgehead atoms. The fourth-order valence-corrected chi connectivity index (χ4v) is 2.36. The maximum Gasteiger partial charge on any atom is 0.130 e. The van der Waals surface area contributed by atoms with E-state index in [1.807, 2.05) is 31.6 Å². The topological polar surface area (TPSA) is 29.9 Å². The van der Waals surface area contributed by atoms with E-state index >= 15 is 0 Å². The third kappa shape index (κ3) is 3.45. The molecule has 1 aromatic carbocycles. The molecular formula is C16H22FN3. The minimum atomic E-state index is -0.106. The van der Waals surface area contributed by atoms with E-state index in [1.54, 1.807) is 17.7 Å². The maximum atomic E-state index is 14.3. The molecule has 2 aromatic rings. The van der Waals surface area contributed by atoms with Crippen molar-refractivity contribution < 1.29 is 4.39 Å². The van der Waals surface area contributed by atoms with Gasteiger partial charge in [0.2, 0.25) is 0 Å². The van der Waals surface area contributed by atoms with Crippen molar-refractivity contribution in [2.45, 2.75) is 32.7 Å². The van der Waals surface area contributed by atoms with Gasteiger partial charge in [0.25, 0.3) is 0 Å². The van der Waals surface area contributed by atoms with Crippen molar-refractivity contribution in [2.24, 2.45) is 7.05 Å². The van der Waals surface area contributed by atoms with Crippen molar-refractivity contribution in [1.82, 2.24) is 15.1 Å². The first-order valence-electron chi connectivity index (χ1n) is 7.07. The second-order valence-corrected chi connectivity index (χ2v) is 5.21. The van der Waals surface area contributed by atoms with E-state index in [0.717, 1.165) is 30.5 Å². The van der Waals surface area contributed by atoms with Crippen LogP contribution in [0, 0.1) is 12.7 Å². The third-order valence-corrected chi connectivity index (χ3v) is 3.44. The highest BCUT2D eigenvalue weighted by atomic mass is 19.1. The van der Waals surface area contributed by atoms with Gasteiger partial charge in [-0.3, -0.25) is 4.68 Å². The highest BCUT2D eigenvalue weighted by Gasteiger charge is 2.17. The Balaban J connectivity index is 2.24. The first kappa shape index (κ1) is 14.7. The molecule has 2 rings (SSSR count). The molecule has 0 aliphatic rings. The molecule has 0 spiro atoms. The number of hydrogen-bond acceptors (Lipinski definition) is 2. The summed E-state index contributed by atoms with van der Waals surface area (Å²) in [6.45, 7) is 4.79. The summed E-state index contributed by atoms with van der Waals surface area (Å²) in [4.78, 5) is 0. The molecule has 0 aliphatic carbocycles. The molecule has 0 radical (unpaired) electrons. The van der Waals surface area contributed by atoms with Gasteiger partial charge in [0.15, 0.2) is 0 Å². The lowest BCUT2D eigenvalue weighted by atomic mass is 9.98. The molecule has 1 N–H and O–H groups in total. The Kier molecular flexibility index (Phi) is 4.90. The molecule has 1 atom stereocenters. The zero-order valence-corrected chi connectivity index (χ0v) is 12.4. The summed E-state index contributed by atoms with van der Waals surface area (Å²) < 4.78 is 16.1. The van der Waals surface area contributed by atoms with Crippen LogP contribution in [0.25, 0.3) is 0 Å². The van der Waals surface area contributed by atoms with Crippen LogP contribution < -0.4 is 5.32 Å². The molecule has 3 nitrogen and oxygen atoms in total. The Morgan fingerprint density at radius 1 is 1.40 bits per heavy atom. The number of benzene rings is 1. The third-order valence-electron chi connectivity index (χ3n) is 3.44. The van der Waals surface area contributed by atoms with Crippen molar-refractivity contribution in [3.05, 3.63) is 53.1 Å². The number of hydrogen-bond donors (Lipinski definition) is 1. The van der Waals surface area contributed by atoms with E-state index in [4.69, 9.17) is 0 Å². The van der Waals surface area contributed by atoms with Crippen molar-refractivity contribution >= 4 is 0 Å². The minimum absolute atomic E-state index is 0.0148. The van der Waals surface area contributed by atoms with E-state index in [1.165, 1.54) is 0 Å². The van der Waals surface area contributed by atoms with E-state index in [9.17, 15) is 4.39 Å². The smallest absolute Gasteiger partial charge is 0.130 e. The lowest BCUT2D eigenvalue weighted by molar-refractivity contribution is 0.494. The summed E-state index contributed by atoms with van der Waals surface area (Å²) in [7, 11) is 1.89. The number of nitrogens with one attached hydrogen (secondary N) is 1. The van der Waals surface area contributed by atoms with Crippen LogP contribution in [-0.4, -0.2) is 16.3 Å². The van der Waals surface area contributed by atoms with Gasteiger partial charge in [-0.1, -0.05) is 25.1 Å². The van der Waals surface area contributed by atoms with Gasteiger partial charge in [0.1, 0.15) is 5.82 Å². The molecular weight excluding hydrogens is 253 g/mol. The SMILES string of the molecule is CCCNC(Cc1cnn(C)c1)c1cccc(C)c1F. The zero-order valence-electron chi connectivity index (χ0n) is 12.4. The normalized spacial score (nSPS) is 12.6. The summed E-state index contributed by atoms with van der Waals surface area (Å²) in [6.07, 6.45) is 5.59. The number of aromatic nitrogens is 2. The number of aryl methyl sites for hydroxylation is 2. The van der Waals surface area contributed by atoms with Crippen LogP contribution in [0.3, 0.4) is 0 Å². The number of nitrogens with zero attached hydrogens (tertiary/aromatic N) is 2. The average Bonchev–Trinajstić information content (AvgIpc) is 2.83. The van der Waals surface area contributed by atoms with Crippen LogP contribution in [-0.2, 0) is 13.5 Å². The molecule has 0 amide bonds. The molecule has 0 fully saturated rings. The van der Waals surface area contributed by atoms with E-state index in [-0.39, 0.29) is 11.9 Å². The first-order chi connectivity index (χ1) is 9.61. The fraction of sp³-hybridized carbons (Fsp3) is 0.438. The van der Waals surface area contributed by atoms with Crippen molar-refractivity contribution in [3.8, 4) is 0 Å².